The summed E-state index contributed by atoms with van der Waals surface area (Å²) in [5, 5.41) is 14.5. The van der Waals surface area contributed by atoms with Crippen LogP contribution in [-0.2, 0) is 4.79 Å². The molecule has 1 aliphatic heterocycles. The molecule has 9 heteroatoms. The Labute approximate surface area is 158 Å². The number of anilines is 1. The van der Waals surface area contributed by atoms with E-state index >= 15 is 0 Å². The fourth-order valence-corrected chi connectivity index (χ4v) is 2.83. The van der Waals surface area contributed by atoms with Gasteiger partial charge >= 0.3 is 0 Å². The molecule has 1 aromatic rings. The van der Waals surface area contributed by atoms with Crippen molar-refractivity contribution < 1.29 is 14.5 Å². The van der Waals surface area contributed by atoms with Gasteiger partial charge in [0.25, 0.3) is 5.69 Å². The molecular weight excluding hydrogens is 356 g/mol. The third-order valence-corrected chi connectivity index (χ3v) is 4.55. The lowest BCUT2D eigenvalue weighted by Gasteiger charge is -2.37. The predicted molar refractivity (Wildman–Crippen MR) is 104 cm³/mol. The maximum Gasteiger partial charge on any atom is 0.296 e. The molecule has 0 radical (unpaired) electrons. The smallest absolute Gasteiger partial charge is 0.296 e. The Hall–Kier alpha value is -2.42. The molecule has 1 aliphatic rings. The molecule has 0 unspecified atom stereocenters. The number of piperazine rings is 1. The quantitative estimate of drug-likeness (QED) is 0.488. The summed E-state index contributed by atoms with van der Waals surface area (Å²) in [5.41, 5.74) is 0.0526. The Kier molecular flexibility index (Phi) is 6.01. The van der Waals surface area contributed by atoms with E-state index in [-0.39, 0.29) is 11.6 Å². The van der Waals surface area contributed by atoms with Gasteiger partial charge in [-0.05, 0) is 24.4 Å². The molecule has 1 N–H and O–H groups in total. The Bertz CT molecular complexity index is 709. The highest BCUT2D eigenvalue weighted by molar-refractivity contribution is 7.80. The number of nitro groups is 1. The number of nitrogens with one attached hydrogen (secondary N) is 1. The van der Waals surface area contributed by atoms with Crippen LogP contribution in [0, 0.1) is 15.5 Å². The van der Waals surface area contributed by atoms with Crippen LogP contribution in [0.15, 0.2) is 18.2 Å². The standard InChI is InChI=1S/C17H24N4O4S/c1-17(2,3)15(22)18-16(26)20-9-7-19(8-10-20)13-6-5-12(25-4)11-14(13)21(23)24/h5-6,11H,7-10H2,1-4H3,(H,18,22,26). The topological polar surface area (TPSA) is 88.0 Å². The molecular formula is C17H24N4O4S. The van der Waals surface area contributed by atoms with Gasteiger partial charge < -0.3 is 19.9 Å². The second-order valence-electron chi connectivity index (χ2n) is 7.10. The Balaban J connectivity index is 2.04. The predicted octanol–water partition coefficient (Wildman–Crippen LogP) is 2.17. The summed E-state index contributed by atoms with van der Waals surface area (Å²) in [7, 11) is 1.48. The summed E-state index contributed by atoms with van der Waals surface area (Å²) < 4.78 is 5.07. The number of nitro benzene ring substituents is 1. The maximum absolute atomic E-state index is 12.1. The molecule has 142 valence electrons. The minimum atomic E-state index is -0.518. The number of nitrogens with zero attached hydrogens (tertiary/aromatic N) is 3. The van der Waals surface area contributed by atoms with Crippen molar-refractivity contribution in [2.45, 2.75) is 20.8 Å². The molecule has 1 fully saturated rings. The van der Waals surface area contributed by atoms with Crippen LogP contribution >= 0.6 is 12.2 Å². The Morgan fingerprint density at radius 2 is 1.88 bits per heavy atom. The third kappa shape index (κ3) is 4.60. The highest BCUT2D eigenvalue weighted by Gasteiger charge is 2.27. The first-order chi connectivity index (χ1) is 12.1. The van der Waals surface area contributed by atoms with Crippen molar-refractivity contribution in [3.05, 3.63) is 28.3 Å². The molecule has 1 aromatic carbocycles. The number of amides is 1. The molecule has 1 heterocycles. The molecule has 26 heavy (non-hydrogen) atoms. The number of thiocarbonyl (C=S) groups is 1. The van der Waals surface area contributed by atoms with Gasteiger partial charge in [0.15, 0.2) is 5.11 Å². The van der Waals surface area contributed by atoms with Crippen molar-refractivity contribution in [3.63, 3.8) is 0 Å². The number of methoxy groups -OCH3 is 1. The van der Waals surface area contributed by atoms with Crippen LogP contribution in [0.4, 0.5) is 11.4 Å². The molecule has 1 amide bonds. The zero-order valence-electron chi connectivity index (χ0n) is 15.4. The van der Waals surface area contributed by atoms with Crippen LogP contribution in [0.2, 0.25) is 0 Å². The van der Waals surface area contributed by atoms with E-state index in [0.717, 1.165) is 0 Å². The van der Waals surface area contributed by atoms with E-state index in [4.69, 9.17) is 17.0 Å². The average molecular weight is 380 g/mol. The molecule has 0 aromatic heterocycles. The van der Waals surface area contributed by atoms with Gasteiger partial charge in [0, 0.05) is 31.6 Å². The van der Waals surface area contributed by atoms with Crippen molar-refractivity contribution in [2.75, 3.05) is 38.2 Å². The molecule has 0 bridgehead atoms. The minimum Gasteiger partial charge on any atom is -0.496 e. The van der Waals surface area contributed by atoms with Gasteiger partial charge in [-0.1, -0.05) is 20.8 Å². The van der Waals surface area contributed by atoms with Gasteiger partial charge in [0.1, 0.15) is 11.4 Å². The summed E-state index contributed by atoms with van der Waals surface area (Å²) in [4.78, 5) is 26.9. The van der Waals surface area contributed by atoms with Gasteiger partial charge in [0.05, 0.1) is 18.1 Å². The Morgan fingerprint density at radius 3 is 2.38 bits per heavy atom. The number of benzene rings is 1. The first kappa shape index (κ1) is 19.9. The van der Waals surface area contributed by atoms with Gasteiger partial charge in [-0.25, -0.2) is 0 Å². The zero-order chi connectivity index (χ0) is 19.5. The van der Waals surface area contributed by atoms with Crippen LogP contribution in [0.3, 0.4) is 0 Å². The van der Waals surface area contributed by atoms with E-state index < -0.39 is 10.3 Å². The largest absolute Gasteiger partial charge is 0.496 e. The normalized spacial score (nSPS) is 14.8. The fraction of sp³-hybridized carbons (Fsp3) is 0.529. The zero-order valence-corrected chi connectivity index (χ0v) is 16.3. The number of carbonyl (C=O) groups is 1. The number of hydrogen-bond donors (Lipinski definition) is 1. The molecule has 0 saturated carbocycles. The van der Waals surface area contributed by atoms with E-state index in [9.17, 15) is 14.9 Å². The van der Waals surface area contributed by atoms with Crippen LogP contribution in [-0.4, -0.2) is 54.1 Å². The summed E-state index contributed by atoms with van der Waals surface area (Å²) in [5.74, 6) is 0.320. The van der Waals surface area contributed by atoms with E-state index in [1.807, 2.05) is 30.6 Å². The molecule has 0 atom stereocenters. The molecule has 0 spiro atoms. The van der Waals surface area contributed by atoms with Crippen LogP contribution in [0.25, 0.3) is 0 Å². The second-order valence-corrected chi connectivity index (χ2v) is 7.48. The van der Waals surface area contributed by atoms with Crippen molar-refractivity contribution >= 4 is 34.6 Å². The lowest BCUT2D eigenvalue weighted by Crippen LogP contribution is -2.54. The first-order valence-electron chi connectivity index (χ1n) is 8.31. The number of carbonyl (C=O) groups excluding carboxylic acids is 1. The van der Waals surface area contributed by atoms with Gasteiger partial charge in [0.2, 0.25) is 5.91 Å². The Morgan fingerprint density at radius 1 is 1.27 bits per heavy atom. The monoisotopic (exact) mass is 380 g/mol. The summed E-state index contributed by atoms with van der Waals surface area (Å²) in [6.07, 6.45) is 0. The molecule has 0 aliphatic carbocycles. The second kappa shape index (κ2) is 7.86. The van der Waals surface area contributed by atoms with Crippen LogP contribution < -0.4 is 15.0 Å². The first-order valence-corrected chi connectivity index (χ1v) is 8.72. The minimum absolute atomic E-state index is 0.0152. The highest BCUT2D eigenvalue weighted by atomic mass is 32.1. The molecule has 1 saturated heterocycles. The lowest BCUT2D eigenvalue weighted by molar-refractivity contribution is -0.384. The molecule has 2 rings (SSSR count). The van der Waals surface area contributed by atoms with Gasteiger partial charge in [-0.2, -0.15) is 0 Å². The lowest BCUT2D eigenvalue weighted by atomic mass is 9.96. The third-order valence-electron chi connectivity index (χ3n) is 4.19. The summed E-state index contributed by atoms with van der Waals surface area (Å²) in [6, 6.07) is 4.84. The van der Waals surface area contributed by atoms with Crippen molar-refractivity contribution in [1.82, 2.24) is 10.2 Å². The fourth-order valence-electron chi connectivity index (χ4n) is 2.56. The van der Waals surface area contributed by atoms with Crippen LogP contribution in [0.1, 0.15) is 20.8 Å². The number of hydrogen-bond acceptors (Lipinski definition) is 6. The summed E-state index contributed by atoms with van der Waals surface area (Å²) in [6.45, 7) is 7.76. The molecule has 8 nitrogen and oxygen atoms in total. The average Bonchev–Trinajstić information content (AvgIpc) is 2.60. The number of ether oxygens (including phenoxy) is 1. The van der Waals surface area contributed by atoms with Crippen molar-refractivity contribution in [1.29, 1.82) is 0 Å². The van der Waals surface area contributed by atoms with E-state index in [2.05, 4.69) is 5.32 Å². The van der Waals surface area contributed by atoms with Crippen molar-refractivity contribution in [3.8, 4) is 5.75 Å². The summed E-state index contributed by atoms with van der Waals surface area (Å²) >= 11 is 5.33. The van der Waals surface area contributed by atoms with Crippen molar-refractivity contribution in [2.24, 2.45) is 5.41 Å². The van der Waals surface area contributed by atoms with E-state index in [0.29, 0.717) is 42.7 Å². The highest BCUT2D eigenvalue weighted by Crippen LogP contribution is 2.32. The van der Waals surface area contributed by atoms with E-state index in [1.54, 1.807) is 12.1 Å². The van der Waals surface area contributed by atoms with Gasteiger partial charge in [-0.3, -0.25) is 14.9 Å². The SMILES string of the molecule is COc1ccc(N2CCN(C(=S)NC(=O)C(C)(C)C)CC2)c([N+](=O)[O-])c1. The van der Waals surface area contributed by atoms with E-state index in [1.165, 1.54) is 13.2 Å². The van der Waals surface area contributed by atoms with Crippen LogP contribution in [0.5, 0.6) is 5.75 Å². The maximum atomic E-state index is 12.1. The number of rotatable bonds is 3. The van der Waals surface area contributed by atoms with Gasteiger partial charge in [-0.15, -0.1) is 0 Å².